The van der Waals surface area contributed by atoms with Crippen molar-refractivity contribution in [2.24, 2.45) is 0 Å². The Labute approximate surface area is 333 Å². The number of hydrogen-bond donors (Lipinski definition) is 2. The molecule has 0 heterocycles. The molecule has 6 nitrogen and oxygen atoms in total. The average Bonchev–Trinajstić information content (AvgIpc) is 3.08. The highest BCUT2D eigenvalue weighted by Crippen LogP contribution is 2.36. The van der Waals surface area contributed by atoms with E-state index < -0.39 is 21.4 Å². The van der Waals surface area contributed by atoms with E-state index in [1.165, 1.54) is 139 Å². The Balaban J connectivity index is 0. The number of thioether (sulfide) groups is 4. The molecule has 2 N–H and O–H groups in total. The maximum Gasteiger partial charge on any atom is 0.303 e. The summed E-state index contributed by atoms with van der Waals surface area (Å²) in [5.74, 6) is 0.239. The molecular formula is C38H66N2O4S6. The minimum absolute atomic E-state index is 0.00276. The predicted octanol–water partition coefficient (Wildman–Crippen LogP) is 13.6. The fourth-order valence-corrected chi connectivity index (χ4v) is 10.8. The first kappa shape index (κ1) is 51.6. The van der Waals surface area contributed by atoms with Crippen molar-refractivity contribution < 1.29 is 19.8 Å². The fourth-order valence-electron chi connectivity index (χ4n) is 4.87. The molecule has 0 fully saturated rings. The van der Waals surface area contributed by atoms with Gasteiger partial charge in [0.25, 0.3) is 0 Å². The molecule has 50 heavy (non-hydrogen) atoms. The van der Waals surface area contributed by atoms with E-state index in [4.69, 9.17) is 34.6 Å². The van der Waals surface area contributed by atoms with Crippen molar-refractivity contribution in [1.29, 1.82) is 10.5 Å². The van der Waals surface area contributed by atoms with Crippen LogP contribution in [0, 0.1) is 22.7 Å². The summed E-state index contributed by atoms with van der Waals surface area (Å²) in [5, 5.41) is 36.1. The number of carboxylic acid groups (broad SMARTS) is 2. The van der Waals surface area contributed by atoms with Gasteiger partial charge in [-0.25, -0.2) is 0 Å². The van der Waals surface area contributed by atoms with Gasteiger partial charge in [0.05, 0.1) is 12.1 Å². The first-order valence-electron chi connectivity index (χ1n) is 18.8. The second-order valence-electron chi connectivity index (χ2n) is 13.2. The SMILES string of the molecule is CCCCCCCCCCCCSC(=S)SC(C)(C#N)CCC(=O)O.CCCCCCCCCCCCSC(=S)SC(C)(C#N)CCC(=O)O. The second-order valence-corrected chi connectivity index (χ2v) is 20.8. The van der Waals surface area contributed by atoms with E-state index in [2.05, 4.69) is 26.0 Å². The van der Waals surface area contributed by atoms with Gasteiger partial charge in [-0.1, -0.05) is 177 Å². The lowest BCUT2D eigenvalue weighted by Gasteiger charge is -2.19. The Hall–Kier alpha value is -0.500. The molecule has 2 atom stereocenters. The predicted molar refractivity (Wildman–Crippen MR) is 231 cm³/mol. The van der Waals surface area contributed by atoms with Gasteiger partial charge < -0.3 is 10.2 Å². The molecule has 0 aliphatic carbocycles. The van der Waals surface area contributed by atoms with Crippen LogP contribution in [0.1, 0.15) is 182 Å². The monoisotopic (exact) mass is 806 g/mol. The molecule has 288 valence electrons. The maximum absolute atomic E-state index is 10.7. The van der Waals surface area contributed by atoms with E-state index >= 15 is 0 Å². The fraction of sp³-hybridized carbons (Fsp3) is 0.842. The Bertz CT molecular complexity index is 925. The smallest absolute Gasteiger partial charge is 0.303 e. The van der Waals surface area contributed by atoms with Crippen molar-refractivity contribution in [1.82, 2.24) is 0 Å². The maximum atomic E-state index is 10.7. The number of aliphatic carboxylic acids is 2. The molecule has 0 spiro atoms. The molecular weight excluding hydrogens is 741 g/mol. The molecule has 0 aliphatic heterocycles. The molecule has 12 heteroatoms. The van der Waals surface area contributed by atoms with E-state index in [1.807, 2.05) is 0 Å². The van der Waals surface area contributed by atoms with Crippen LogP contribution in [0.25, 0.3) is 0 Å². The van der Waals surface area contributed by atoms with E-state index in [-0.39, 0.29) is 12.8 Å². The molecule has 2 unspecified atom stereocenters. The third-order valence-corrected chi connectivity index (χ3v) is 13.9. The van der Waals surface area contributed by atoms with Crippen LogP contribution in [0.4, 0.5) is 0 Å². The summed E-state index contributed by atoms with van der Waals surface area (Å²) in [5.41, 5.74) is 0. The minimum atomic E-state index is -0.869. The highest BCUT2D eigenvalue weighted by molar-refractivity contribution is 8.48. The molecule has 0 aromatic rings. The third-order valence-electron chi connectivity index (χ3n) is 8.16. The Morgan fingerprint density at radius 1 is 0.540 bits per heavy atom. The van der Waals surface area contributed by atoms with Crippen LogP contribution >= 0.6 is 71.5 Å². The van der Waals surface area contributed by atoms with Crippen LogP contribution in [0.5, 0.6) is 0 Å². The van der Waals surface area contributed by atoms with Crippen molar-refractivity contribution in [2.45, 2.75) is 191 Å². The first-order valence-corrected chi connectivity index (χ1v) is 23.3. The lowest BCUT2D eigenvalue weighted by atomic mass is 10.1. The Morgan fingerprint density at radius 2 is 0.800 bits per heavy atom. The van der Waals surface area contributed by atoms with Gasteiger partial charge in [0.15, 0.2) is 0 Å². The Kier molecular flexibility index (Phi) is 36.7. The van der Waals surface area contributed by atoms with Crippen LogP contribution in [0.15, 0.2) is 0 Å². The van der Waals surface area contributed by atoms with Crippen LogP contribution in [-0.2, 0) is 9.59 Å². The van der Waals surface area contributed by atoms with E-state index in [9.17, 15) is 20.1 Å². The molecule has 0 amide bonds. The van der Waals surface area contributed by atoms with Crippen molar-refractivity contribution in [2.75, 3.05) is 11.5 Å². The number of nitrogens with zero attached hydrogens (tertiary/aromatic N) is 2. The van der Waals surface area contributed by atoms with Crippen molar-refractivity contribution in [3.8, 4) is 12.1 Å². The largest absolute Gasteiger partial charge is 0.481 e. The lowest BCUT2D eigenvalue weighted by molar-refractivity contribution is -0.138. The quantitative estimate of drug-likeness (QED) is 0.0530. The summed E-state index contributed by atoms with van der Waals surface area (Å²) in [6.45, 7) is 8.04. The number of carbonyl (C=O) groups is 2. The normalized spacial score (nSPS) is 13.2. The molecule has 0 aromatic heterocycles. The van der Waals surface area contributed by atoms with Gasteiger partial charge in [0, 0.05) is 12.8 Å². The number of thiocarbonyl (C=S) groups is 2. The van der Waals surface area contributed by atoms with Gasteiger partial charge in [0.1, 0.15) is 16.6 Å². The summed E-state index contributed by atoms with van der Waals surface area (Å²) >= 11 is 16.6. The summed E-state index contributed by atoms with van der Waals surface area (Å²) in [6, 6.07) is 4.41. The van der Waals surface area contributed by atoms with Gasteiger partial charge >= 0.3 is 11.9 Å². The number of rotatable bonds is 30. The van der Waals surface area contributed by atoms with Crippen LogP contribution in [0.3, 0.4) is 0 Å². The zero-order chi connectivity index (χ0) is 37.9. The molecule has 0 saturated heterocycles. The number of carboxylic acids is 2. The summed E-state index contributed by atoms with van der Waals surface area (Å²) in [6.07, 6.45) is 27.0. The number of hydrogen-bond acceptors (Lipinski definition) is 10. The standard InChI is InChI=1S/2C19H33NO2S3/c2*1-3-4-5-6-7-8-9-10-11-12-15-24-18(23)25-19(2,16-20)14-13-17(21)22/h2*3-15H2,1-2H3,(H,21,22). The highest BCUT2D eigenvalue weighted by Gasteiger charge is 2.28. The van der Waals surface area contributed by atoms with E-state index in [1.54, 1.807) is 37.4 Å². The average molecular weight is 807 g/mol. The molecule has 0 rings (SSSR count). The van der Waals surface area contributed by atoms with Crippen LogP contribution in [0.2, 0.25) is 0 Å². The Morgan fingerprint density at radius 3 is 1.04 bits per heavy atom. The van der Waals surface area contributed by atoms with Gasteiger partial charge in [-0.15, -0.1) is 23.5 Å². The van der Waals surface area contributed by atoms with Gasteiger partial charge in [-0.2, -0.15) is 10.5 Å². The van der Waals surface area contributed by atoms with E-state index in [0.717, 1.165) is 31.4 Å². The summed E-state index contributed by atoms with van der Waals surface area (Å²) in [4.78, 5) is 21.4. The lowest BCUT2D eigenvalue weighted by Crippen LogP contribution is -2.20. The van der Waals surface area contributed by atoms with Crippen LogP contribution < -0.4 is 0 Å². The van der Waals surface area contributed by atoms with Gasteiger partial charge in [-0.05, 0) is 51.0 Å². The molecule has 0 saturated carbocycles. The van der Waals surface area contributed by atoms with E-state index in [0.29, 0.717) is 12.8 Å². The van der Waals surface area contributed by atoms with Crippen molar-refractivity contribution >= 4 is 90.5 Å². The molecule has 0 aliphatic rings. The molecule has 0 radical (unpaired) electrons. The highest BCUT2D eigenvalue weighted by atomic mass is 32.2. The first-order chi connectivity index (χ1) is 23.9. The van der Waals surface area contributed by atoms with Crippen molar-refractivity contribution in [3.63, 3.8) is 0 Å². The zero-order valence-corrected chi connectivity index (χ0v) is 36.3. The number of unbranched alkanes of at least 4 members (excludes halogenated alkanes) is 18. The molecule has 0 aromatic carbocycles. The summed E-state index contributed by atoms with van der Waals surface area (Å²) < 4.78 is 0.0382. The van der Waals surface area contributed by atoms with Crippen LogP contribution in [-0.4, -0.2) is 50.2 Å². The van der Waals surface area contributed by atoms with Gasteiger partial charge in [0.2, 0.25) is 0 Å². The minimum Gasteiger partial charge on any atom is -0.481 e. The van der Waals surface area contributed by atoms with Crippen molar-refractivity contribution in [3.05, 3.63) is 0 Å². The van der Waals surface area contributed by atoms with Gasteiger partial charge in [-0.3, -0.25) is 9.59 Å². The summed E-state index contributed by atoms with van der Waals surface area (Å²) in [7, 11) is 0. The second kappa shape index (κ2) is 35.5. The topological polar surface area (TPSA) is 122 Å². The third kappa shape index (κ3) is 35.9. The zero-order valence-electron chi connectivity index (χ0n) is 31.4. The number of nitriles is 2. The molecule has 0 bridgehead atoms.